The molecule has 2 aromatic rings. The maximum Gasteiger partial charge on any atom is 0.252 e. The van der Waals surface area contributed by atoms with Crippen LogP contribution in [0.25, 0.3) is 0 Å². The van der Waals surface area contributed by atoms with Crippen molar-refractivity contribution in [2.75, 3.05) is 18.0 Å². The molecule has 23 heavy (non-hydrogen) atoms. The number of halogens is 1. The molecule has 1 saturated heterocycles. The van der Waals surface area contributed by atoms with Crippen molar-refractivity contribution in [3.8, 4) is 0 Å². The fourth-order valence-electron chi connectivity index (χ4n) is 2.75. The van der Waals surface area contributed by atoms with Crippen molar-refractivity contribution in [2.24, 2.45) is 5.92 Å². The number of nitrogens with one attached hydrogen (secondary N) is 1. The van der Waals surface area contributed by atoms with E-state index in [9.17, 15) is 9.59 Å². The number of hydrogen-bond acceptors (Lipinski definition) is 2. The number of hydrogen-bond donors (Lipinski definition) is 1. The fourth-order valence-corrected chi connectivity index (χ4v) is 3.39. The summed E-state index contributed by atoms with van der Waals surface area (Å²) < 4.78 is 0.927. The number of carbonyl (C=O) groups is 2. The summed E-state index contributed by atoms with van der Waals surface area (Å²) in [6.07, 6.45) is 0.473. The summed E-state index contributed by atoms with van der Waals surface area (Å²) in [6.45, 7) is 1.16. The third-order valence-corrected chi connectivity index (χ3v) is 4.88. The Bertz CT molecular complexity index is 718. The van der Waals surface area contributed by atoms with Crippen LogP contribution in [0.2, 0.25) is 0 Å². The van der Waals surface area contributed by atoms with Gasteiger partial charge in [0, 0.05) is 34.7 Å². The Morgan fingerprint density at radius 2 is 1.83 bits per heavy atom. The van der Waals surface area contributed by atoms with Gasteiger partial charge in [-0.2, -0.15) is 0 Å². The maximum absolute atomic E-state index is 12.2. The molecule has 1 aliphatic rings. The lowest BCUT2D eigenvalue weighted by molar-refractivity contribution is -0.117. The van der Waals surface area contributed by atoms with Crippen LogP contribution in [-0.2, 0) is 4.79 Å². The van der Waals surface area contributed by atoms with Crippen molar-refractivity contribution in [3.63, 3.8) is 0 Å². The van der Waals surface area contributed by atoms with Crippen LogP contribution in [0.1, 0.15) is 16.8 Å². The topological polar surface area (TPSA) is 49.4 Å². The molecule has 1 fully saturated rings. The molecule has 0 aliphatic carbocycles. The highest BCUT2D eigenvalue weighted by Gasteiger charge is 2.30. The summed E-state index contributed by atoms with van der Waals surface area (Å²) >= 11 is 2.15. The lowest BCUT2D eigenvalue weighted by Gasteiger charge is -2.17. The van der Waals surface area contributed by atoms with Gasteiger partial charge in [-0.05, 0) is 46.9 Å². The summed E-state index contributed by atoms with van der Waals surface area (Å²) in [6, 6.07) is 17.1. The predicted molar refractivity (Wildman–Crippen MR) is 98.4 cm³/mol. The number of nitrogens with zero attached hydrogens (tertiary/aromatic N) is 1. The molecule has 1 aliphatic heterocycles. The van der Waals surface area contributed by atoms with Crippen LogP contribution in [0.5, 0.6) is 0 Å². The van der Waals surface area contributed by atoms with Crippen LogP contribution in [0.15, 0.2) is 54.6 Å². The molecule has 3 rings (SSSR count). The lowest BCUT2D eigenvalue weighted by Crippen LogP contribution is -2.31. The van der Waals surface area contributed by atoms with Gasteiger partial charge in [-0.25, -0.2) is 0 Å². The van der Waals surface area contributed by atoms with Crippen molar-refractivity contribution < 1.29 is 9.59 Å². The second-order valence-electron chi connectivity index (χ2n) is 5.60. The number of para-hydroxylation sites is 1. The van der Waals surface area contributed by atoms with Gasteiger partial charge >= 0.3 is 0 Å². The molecule has 1 heterocycles. The molecular formula is C18H17IN2O2. The third kappa shape index (κ3) is 3.72. The van der Waals surface area contributed by atoms with E-state index in [1.165, 1.54) is 0 Å². The van der Waals surface area contributed by atoms with Gasteiger partial charge in [-0.3, -0.25) is 9.59 Å². The molecule has 1 unspecified atom stereocenters. The number of anilines is 1. The van der Waals surface area contributed by atoms with E-state index in [2.05, 4.69) is 27.9 Å². The minimum absolute atomic E-state index is 0.0828. The quantitative estimate of drug-likeness (QED) is 0.774. The van der Waals surface area contributed by atoms with E-state index in [1.54, 1.807) is 4.90 Å². The zero-order valence-electron chi connectivity index (χ0n) is 12.5. The largest absolute Gasteiger partial charge is 0.352 e. The summed E-state index contributed by atoms with van der Waals surface area (Å²) in [5, 5.41) is 2.95. The Labute approximate surface area is 149 Å². The van der Waals surface area contributed by atoms with Crippen molar-refractivity contribution >= 4 is 40.1 Å². The number of amides is 2. The lowest BCUT2D eigenvalue weighted by atomic mass is 10.1. The van der Waals surface area contributed by atoms with Crippen LogP contribution in [0.4, 0.5) is 5.69 Å². The molecule has 0 aromatic heterocycles. The predicted octanol–water partition coefficient (Wildman–Crippen LogP) is 3.07. The molecule has 4 nitrogen and oxygen atoms in total. The van der Waals surface area contributed by atoms with Gasteiger partial charge in [0.2, 0.25) is 5.91 Å². The average molecular weight is 420 g/mol. The van der Waals surface area contributed by atoms with E-state index in [0.717, 1.165) is 9.26 Å². The van der Waals surface area contributed by atoms with Crippen molar-refractivity contribution in [1.29, 1.82) is 0 Å². The zero-order valence-corrected chi connectivity index (χ0v) is 14.7. The molecule has 1 N–H and O–H groups in total. The van der Waals surface area contributed by atoms with Crippen molar-refractivity contribution in [1.82, 2.24) is 5.32 Å². The SMILES string of the molecule is O=C(NCC1CC(=O)N(c2ccccc2)C1)c1ccccc1I. The van der Waals surface area contributed by atoms with E-state index in [1.807, 2.05) is 54.6 Å². The van der Waals surface area contributed by atoms with Crippen LogP contribution in [0.3, 0.4) is 0 Å². The second-order valence-corrected chi connectivity index (χ2v) is 6.76. The van der Waals surface area contributed by atoms with Gasteiger partial charge in [-0.15, -0.1) is 0 Å². The highest BCUT2D eigenvalue weighted by atomic mass is 127. The van der Waals surface area contributed by atoms with E-state index >= 15 is 0 Å². The minimum Gasteiger partial charge on any atom is -0.352 e. The van der Waals surface area contributed by atoms with Crippen molar-refractivity contribution in [3.05, 3.63) is 63.7 Å². The van der Waals surface area contributed by atoms with E-state index < -0.39 is 0 Å². The van der Waals surface area contributed by atoms with Crippen molar-refractivity contribution in [2.45, 2.75) is 6.42 Å². The molecule has 0 radical (unpaired) electrons. The zero-order chi connectivity index (χ0) is 16.2. The molecule has 5 heteroatoms. The summed E-state index contributed by atoms with van der Waals surface area (Å²) in [5.74, 6) is 0.179. The van der Waals surface area contributed by atoms with Gasteiger partial charge in [0.15, 0.2) is 0 Å². The van der Waals surface area contributed by atoms with Gasteiger partial charge in [0.05, 0.1) is 5.56 Å². The second kappa shape index (κ2) is 7.12. The summed E-state index contributed by atoms with van der Waals surface area (Å²) in [7, 11) is 0. The Balaban J connectivity index is 1.59. The first-order chi connectivity index (χ1) is 11.1. The van der Waals surface area contributed by atoms with Crippen LogP contribution in [-0.4, -0.2) is 24.9 Å². The van der Waals surface area contributed by atoms with Crippen LogP contribution >= 0.6 is 22.6 Å². The van der Waals surface area contributed by atoms with Gasteiger partial charge in [0.25, 0.3) is 5.91 Å². The molecule has 0 spiro atoms. The normalized spacial score (nSPS) is 17.3. The summed E-state index contributed by atoms with van der Waals surface area (Å²) in [4.78, 5) is 26.2. The maximum atomic E-state index is 12.2. The molecule has 0 saturated carbocycles. The monoisotopic (exact) mass is 420 g/mol. The van der Waals surface area contributed by atoms with E-state index in [-0.39, 0.29) is 17.7 Å². The Kier molecular flexibility index (Phi) is 4.95. The van der Waals surface area contributed by atoms with Gasteiger partial charge in [-0.1, -0.05) is 30.3 Å². The average Bonchev–Trinajstić information content (AvgIpc) is 2.95. The number of carbonyl (C=O) groups excluding carboxylic acids is 2. The molecule has 118 valence electrons. The standard InChI is InChI=1S/C18H17IN2O2/c19-16-9-5-4-8-15(16)18(23)20-11-13-10-17(22)21(12-13)14-6-2-1-3-7-14/h1-9,13H,10-12H2,(H,20,23). The smallest absolute Gasteiger partial charge is 0.252 e. The van der Waals surface area contributed by atoms with Gasteiger partial charge in [0.1, 0.15) is 0 Å². The molecular weight excluding hydrogens is 403 g/mol. The van der Waals surface area contributed by atoms with E-state index in [4.69, 9.17) is 0 Å². The first kappa shape index (κ1) is 16.0. The third-order valence-electron chi connectivity index (χ3n) is 3.94. The minimum atomic E-state index is -0.0828. The van der Waals surface area contributed by atoms with Gasteiger partial charge < -0.3 is 10.2 Å². The van der Waals surface area contributed by atoms with Crippen LogP contribution < -0.4 is 10.2 Å². The highest BCUT2D eigenvalue weighted by Crippen LogP contribution is 2.24. The molecule has 0 bridgehead atoms. The molecule has 2 aromatic carbocycles. The Hall–Kier alpha value is -1.89. The number of rotatable bonds is 4. The first-order valence-electron chi connectivity index (χ1n) is 7.53. The Morgan fingerprint density at radius 1 is 1.13 bits per heavy atom. The molecule has 1 atom stereocenters. The van der Waals surface area contributed by atoms with E-state index in [0.29, 0.717) is 25.1 Å². The Morgan fingerprint density at radius 3 is 2.57 bits per heavy atom. The summed E-state index contributed by atoms with van der Waals surface area (Å²) in [5.41, 5.74) is 1.60. The highest BCUT2D eigenvalue weighted by molar-refractivity contribution is 14.1. The molecule has 2 amide bonds. The van der Waals surface area contributed by atoms with Crippen LogP contribution in [0, 0.1) is 9.49 Å². The first-order valence-corrected chi connectivity index (χ1v) is 8.61. The number of benzene rings is 2. The fraction of sp³-hybridized carbons (Fsp3) is 0.222.